The molecule has 0 aromatic heterocycles. The molecule has 3 amide bonds. The van der Waals surface area contributed by atoms with E-state index in [-0.39, 0.29) is 11.4 Å². The molecule has 0 radical (unpaired) electrons. The molecule has 5 rings (SSSR count). The Balaban J connectivity index is 1.24. The van der Waals surface area contributed by atoms with E-state index < -0.39 is 17.1 Å². The third-order valence-electron chi connectivity index (χ3n) is 6.67. The number of carbonyl (C=O) groups excluding carboxylic acids is 3. The standard InChI is InChI=1S/C31H31N3O6S/c1-21-6-5-7-23(16-21)20-40-26-11-10-22(17-27(26)38-2)18-28-30(36)34(31(37)41-28)19-29(35)32-24-8-3-4-9-25(24)33-12-14-39-15-13-33/h3-11,16-18H,12-15,19-20H2,1-2H3,(H,32,35)/b28-18-. The van der Waals surface area contributed by atoms with Crippen molar-refractivity contribution < 1.29 is 28.6 Å². The molecule has 0 saturated carbocycles. The van der Waals surface area contributed by atoms with E-state index in [1.165, 1.54) is 0 Å². The normalized spacial score (nSPS) is 16.3. The molecule has 41 heavy (non-hydrogen) atoms. The summed E-state index contributed by atoms with van der Waals surface area (Å²) < 4.78 is 16.9. The molecule has 3 aromatic rings. The summed E-state index contributed by atoms with van der Waals surface area (Å²) >= 11 is 0.802. The van der Waals surface area contributed by atoms with Crippen molar-refractivity contribution in [1.29, 1.82) is 0 Å². The summed E-state index contributed by atoms with van der Waals surface area (Å²) in [4.78, 5) is 42.0. The van der Waals surface area contributed by atoms with Crippen LogP contribution in [0.5, 0.6) is 11.5 Å². The average molecular weight is 574 g/mol. The summed E-state index contributed by atoms with van der Waals surface area (Å²) in [6.45, 7) is 4.68. The van der Waals surface area contributed by atoms with Gasteiger partial charge in [-0.25, -0.2) is 0 Å². The van der Waals surface area contributed by atoms with Gasteiger partial charge in [-0.3, -0.25) is 19.3 Å². The van der Waals surface area contributed by atoms with Crippen LogP contribution >= 0.6 is 11.8 Å². The minimum Gasteiger partial charge on any atom is -0.493 e. The van der Waals surface area contributed by atoms with Gasteiger partial charge in [0, 0.05) is 13.1 Å². The summed E-state index contributed by atoms with van der Waals surface area (Å²) in [6.07, 6.45) is 1.61. The lowest BCUT2D eigenvalue weighted by molar-refractivity contribution is -0.127. The van der Waals surface area contributed by atoms with Gasteiger partial charge >= 0.3 is 0 Å². The van der Waals surface area contributed by atoms with Gasteiger partial charge in [0.05, 0.1) is 36.6 Å². The van der Waals surface area contributed by atoms with E-state index in [0.717, 1.165) is 33.5 Å². The molecule has 2 aliphatic heterocycles. The molecule has 0 aliphatic carbocycles. The van der Waals surface area contributed by atoms with Gasteiger partial charge in [-0.2, -0.15) is 0 Å². The molecule has 0 unspecified atom stereocenters. The first-order chi connectivity index (χ1) is 19.9. The lowest BCUT2D eigenvalue weighted by Crippen LogP contribution is -2.38. The molecular formula is C31H31N3O6S. The largest absolute Gasteiger partial charge is 0.493 e. The maximum absolute atomic E-state index is 13.1. The summed E-state index contributed by atoms with van der Waals surface area (Å²) in [7, 11) is 1.54. The Morgan fingerprint density at radius 2 is 1.83 bits per heavy atom. The number of morpholine rings is 1. The number of para-hydroxylation sites is 2. The minimum atomic E-state index is -0.518. The number of amides is 3. The van der Waals surface area contributed by atoms with Crippen molar-refractivity contribution in [1.82, 2.24) is 4.90 Å². The number of imide groups is 1. The lowest BCUT2D eigenvalue weighted by atomic mass is 10.1. The molecule has 0 atom stereocenters. The van der Waals surface area contributed by atoms with E-state index in [9.17, 15) is 14.4 Å². The van der Waals surface area contributed by atoms with E-state index >= 15 is 0 Å². The molecule has 9 nitrogen and oxygen atoms in total. The molecule has 3 aromatic carbocycles. The van der Waals surface area contributed by atoms with Crippen LogP contribution < -0.4 is 19.7 Å². The van der Waals surface area contributed by atoms with Crippen molar-refractivity contribution in [3.63, 3.8) is 0 Å². The Labute approximate surface area is 243 Å². The summed E-state index contributed by atoms with van der Waals surface area (Å²) in [5, 5.41) is 2.36. The SMILES string of the molecule is COc1cc(/C=C2\SC(=O)N(CC(=O)Nc3ccccc3N3CCOCC3)C2=O)ccc1OCc1cccc(C)c1. The van der Waals surface area contributed by atoms with E-state index in [1.54, 1.807) is 37.5 Å². The van der Waals surface area contributed by atoms with Gasteiger partial charge in [0.25, 0.3) is 11.1 Å². The Kier molecular flexibility index (Phi) is 8.91. The molecule has 0 spiro atoms. The van der Waals surface area contributed by atoms with Crippen LogP contribution in [0.15, 0.2) is 71.6 Å². The lowest BCUT2D eigenvalue weighted by Gasteiger charge is -2.30. The first-order valence-electron chi connectivity index (χ1n) is 13.2. The second kappa shape index (κ2) is 12.9. The maximum atomic E-state index is 13.1. The molecule has 2 aliphatic rings. The molecular weight excluding hydrogens is 542 g/mol. The van der Waals surface area contributed by atoms with Gasteiger partial charge < -0.3 is 24.4 Å². The first kappa shape index (κ1) is 28.3. The molecule has 2 fully saturated rings. The van der Waals surface area contributed by atoms with Crippen LogP contribution in [0.3, 0.4) is 0 Å². The van der Waals surface area contributed by atoms with Crippen molar-refractivity contribution in [2.45, 2.75) is 13.5 Å². The van der Waals surface area contributed by atoms with E-state index in [4.69, 9.17) is 14.2 Å². The molecule has 0 bridgehead atoms. The number of thioether (sulfide) groups is 1. The fraction of sp³-hybridized carbons (Fsp3) is 0.258. The van der Waals surface area contributed by atoms with Crippen molar-refractivity contribution in [2.75, 3.05) is 50.2 Å². The number of ether oxygens (including phenoxy) is 3. The van der Waals surface area contributed by atoms with Gasteiger partial charge in [-0.05, 0) is 60.2 Å². The number of methoxy groups -OCH3 is 1. The van der Waals surface area contributed by atoms with Crippen molar-refractivity contribution in [3.05, 3.63) is 88.3 Å². The fourth-order valence-electron chi connectivity index (χ4n) is 4.64. The van der Waals surface area contributed by atoms with Gasteiger partial charge in [-0.1, -0.05) is 48.0 Å². The summed E-state index contributed by atoms with van der Waals surface area (Å²) in [5.41, 5.74) is 4.35. The zero-order chi connectivity index (χ0) is 28.8. The summed E-state index contributed by atoms with van der Waals surface area (Å²) in [6, 6.07) is 20.8. The Morgan fingerprint density at radius 1 is 1.02 bits per heavy atom. The Hall–Kier alpha value is -4.28. The molecule has 1 N–H and O–H groups in total. The molecule has 212 valence electrons. The number of nitrogens with one attached hydrogen (secondary N) is 1. The number of rotatable bonds is 9. The second-order valence-corrected chi connectivity index (χ2v) is 10.6. The zero-order valence-electron chi connectivity index (χ0n) is 22.9. The van der Waals surface area contributed by atoms with E-state index in [1.807, 2.05) is 43.3 Å². The van der Waals surface area contributed by atoms with Crippen LogP contribution in [-0.4, -0.2) is 61.9 Å². The number of hydrogen-bond acceptors (Lipinski definition) is 8. The number of benzene rings is 3. The first-order valence-corrected chi connectivity index (χ1v) is 14.1. The highest BCUT2D eigenvalue weighted by Gasteiger charge is 2.36. The monoisotopic (exact) mass is 573 g/mol. The third-order valence-corrected chi connectivity index (χ3v) is 7.57. The van der Waals surface area contributed by atoms with Gasteiger partial charge in [0.2, 0.25) is 5.91 Å². The van der Waals surface area contributed by atoms with Crippen LogP contribution in [0.4, 0.5) is 16.2 Å². The third kappa shape index (κ3) is 6.90. The number of carbonyl (C=O) groups is 3. The minimum absolute atomic E-state index is 0.229. The highest BCUT2D eigenvalue weighted by Crippen LogP contribution is 2.35. The van der Waals surface area contributed by atoms with Gasteiger partial charge in [0.15, 0.2) is 11.5 Å². The number of hydrogen-bond donors (Lipinski definition) is 1. The van der Waals surface area contributed by atoms with Crippen molar-refractivity contribution in [3.8, 4) is 11.5 Å². The highest BCUT2D eigenvalue weighted by molar-refractivity contribution is 8.18. The Morgan fingerprint density at radius 3 is 2.61 bits per heavy atom. The predicted octanol–water partition coefficient (Wildman–Crippen LogP) is 5.09. The van der Waals surface area contributed by atoms with Gasteiger partial charge in [0.1, 0.15) is 13.2 Å². The predicted molar refractivity (Wildman–Crippen MR) is 159 cm³/mol. The van der Waals surface area contributed by atoms with Crippen LogP contribution in [0.2, 0.25) is 0 Å². The average Bonchev–Trinajstić information content (AvgIpc) is 3.24. The van der Waals surface area contributed by atoms with Crippen molar-refractivity contribution >= 4 is 46.3 Å². The molecule has 2 heterocycles. The van der Waals surface area contributed by atoms with E-state index in [2.05, 4.69) is 16.3 Å². The Bertz CT molecular complexity index is 1480. The zero-order valence-corrected chi connectivity index (χ0v) is 23.7. The van der Waals surface area contributed by atoms with Crippen LogP contribution in [0.25, 0.3) is 6.08 Å². The smallest absolute Gasteiger partial charge is 0.294 e. The van der Waals surface area contributed by atoms with Crippen LogP contribution in [0.1, 0.15) is 16.7 Å². The van der Waals surface area contributed by atoms with E-state index in [0.29, 0.717) is 55.7 Å². The number of nitrogens with zero attached hydrogens (tertiary/aromatic N) is 2. The number of aryl methyl sites for hydroxylation is 1. The number of anilines is 2. The summed E-state index contributed by atoms with van der Waals surface area (Å²) in [5.74, 6) is 0.0960. The topological polar surface area (TPSA) is 97.4 Å². The quantitative estimate of drug-likeness (QED) is 0.354. The van der Waals surface area contributed by atoms with Crippen LogP contribution in [-0.2, 0) is 20.9 Å². The maximum Gasteiger partial charge on any atom is 0.294 e. The second-order valence-electron chi connectivity index (χ2n) is 9.62. The molecule has 2 saturated heterocycles. The highest BCUT2D eigenvalue weighted by atomic mass is 32.2. The van der Waals surface area contributed by atoms with Gasteiger partial charge in [-0.15, -0.1) is 0 Å². The molecule has 10 heteroatoms. The fourth-order valence-corrected chi connectivity index (χ4v) is 5.47. The van der Waals surface area contributed by atoms with Crippen molar-refractivity contribution in [2.24, 2.45) is 0 Å². The van der Waals surface area contributed by atoms with Crippen LogP contribution in [0, 0.1) is 6.92 Å².